The van der Waals surface area contributed by atoms with E-state index in [0.29, 0.717) is 34.9 Å². The van der Waals surface area contributed by atoms with Gasteiger partial charge in [0.05, 0.1) is 24.4 Å². The van der Waals surface area contributed by atoms with Crippen LogP contribution in [0, 0.1) is 0 Å². The van der Waals surface area contributed by atoms with E-state index >= 15 is 0 Å². The van der Waals surface area contributed by atoms with Crippen molar-refractivity contribution >= 4 is 17.7 Å². The number of anilines is 1. The first kappa shape index (κ1) is 16.7. The highest BCUT2D eigenvalue weighted by molar-refractivity contribution is 5.95. The smallest absolute Gasteiger partial charge is 0.337 e. The van der Waals surface area contributed by atoms with Gasteiger partial charge in [0.1, 0.15) is 5.75 Å². The van der Waals surface area contributed by atoms with Crippen molar-refractivity contribution in [3.8, 4) is 17.2 Å². The van der Waals surface area contributed by atoms with E-state index in [1.807, 2.05) is 6.92 Å². The van der Waals surface area contributed by atoms with Gasteiger partial charge in [0.25, 0.3) is 0 Å². The van der Waals surface area contributed by atoms with E-state index in [4.69, 9.17) is 18.9 Å². The maximum atomic E-state index is 13.0. The molecule has 2 amide bonds. The Labute approximate surface area is 160 Å². The zero-order valence-corrected chi connectivity index (χ0v) is 15.4. The number of nitrogens with zero attached hydrogens (tertiary/aromatic N) is 1. The summed E-state index contributed by atoms with van der Waals surface area (Å²) in [5, 5.41) is 3.01. The largest absolute Gasteiger partial charge is 0.467 e. The van der Waals surface area contributed by atoms with Gasteiger partial charge in [-0.05, 0) is 37.3 Å². The van der Waals surface area contributed by atoms with E-state index in [9.17, 15) is 9.59 Å². The lowest BCUT2D eigenvalue weighted by Crippen LogP contribution is -2.65. The van der Waals surface area contributed by atoms with Crippen molar-refractivity contribution in [3.63, 3.8) is 0 Å². The Morgan fingerprint density at radius 3 is 2.79 bits per heavy atom. The minimum atomic E-state index is -0.888. The monoisotopic (exact) mass is 382 g/mol. The van der Waals surface area contributed by atoms with E-state index in [1.54, 1.807) is 41.3 Å². The minimum absolute atomic E-state index is 0.163. The molecule has 2 aromatic rings. The number of carbonyl (C=O) groups excluding carboxylic acids is 2. The van der Waals surface area contributed by atoms with Gasteiger partial charge in [0.2, 0.25) is 6.79 Å². The second-order valence-electron chi connectivity index (χ2n) is 7.10. The van der Waals surface area contributed by atoms with Crippen molar-refractivity contribution in [3.05, 3.63) is 47.5 Å². The topological polar surface area (TPSA) is 86.3 Å². The molecule has 1 saturated heterocycles. The number of esters is 1. The molecule has 3 heterocycles. The number of rotatable bonds is 2. The minimum Gasteiger partial charge on any atom is -0.467 e. The van der Waals surface area contributed by atoms with Gasteiger partial charge >= 0.3 is 12.0 Å². The van der Waals surface area contributed by atoms with Crippen LogP contribution in [0.15, 0.2) is 36.4 Å². The molecule has 2 aromatic carbocycles. The van der Waals surface area contributed by atoms with Gasteiger partial charge in [-0.15, -0.1) is 0 Å². The number of amides is 2. The van der Waals surface area contributed by atoms with Crippen molar-refractivity contribution in [2.45, 2.75) is 25.1 Å². The summed E-state index contributed by atoms with van der Waals surface area (Å²) in [6.45, 7) is 2.04. The molecular weight excluding hydrogens is 364 g/mol. The molecular formula is C20H18N2O6. The Morgan fingerprint density at radius 1 is 1.18 bits per heavy atom. The normalized spacial score (nSPS) is 24.1. The van der Waals surface area contributed by atoms with Crippen molar-refractivity contribution in [1.82, 2.24) is 5.32 Å². The lowest BCUT2D eigenvalue weighted by Gasteiger charge is -2.50. The van der Waals surface area contributed by atoms with Crippen molar-refractivity contribution < 1.29 is 28.5 Å². The van der Waals surface area contributed by atoms with Crippen LogP contribution in [0.4, 0.5) is 10.5 Å². The summed E-state index contributed by atoms with van der Waals surface area (Å²) in [7, 11) is 1.33. The molecule has 0 spiro atoms. The Kier molecular flexibility index (Phi) is 3.46. The van der Waals surface area contributed by atoms with Crippen LogP contribution in [0.3, 0.4) is 0 Å². The van der Waals surface area contributed by atoms with Crippen LogP contribution >= 0.6 is 0 Å². The van der Waals surface area contributed by atoms with Gasteiger partial charge in [-0.3, -0.25) is 4.90 Å². The summed E-state index contributed by atoms with van der Waals surface area (Å²) in [6.07, 6.45) is 0.519. The van der Waals surface area contributed by atoms with Crippen LogP contribution in [0.5, 0.6) is 17.2 Å². The maximum Gasteiger partial charge on any atom is 0.337 e. The number of fused-ring (bicyclic) bond motifs is 5. The SMILES string of the molecule is COC(=O)c1ccc2c(c1)C1CC(C)(O2)N(c2ccc3c(c2)OCO3)C(=O)N1. The first-order valence-electron chi connectivity index (χ1n) is 8.90. The van der Waals surface area contributed by atoms with E-state index < -0.39 is 11.7 Å². The quantitative estimate of drug-likeness (QED) is 0.804. The van der Waals surface area contributed by atoms with Crippen LogP contribution in [0.1, 0.15) is 35.3 Å². The number of hydrogen-bond donors (Lipinski definition) is 1. The zero-order valence-electron chi connectivity index (χ0n) is 15.4. The molecule has 5 rings (SSSR count). The van der Waals surface area contributed by atoms with Gasteiger partial charge in [-0.1, -0.05) is 0 Å². The number of urea groups is 1. The van der Waals surface area contributed by atoms with Gasteiger partial charge in [0, 0.05) is 18.1 Å². The molecule has 28 heavy (non-hydrogen) atoms. The fraction of sp³-hybridized carbons (Fsp3) is 0.300. The van der Waals surface area contributed by atoms with Crippen molar-refractivity contribution in [1.29, 1.82) is 0 Å². The molecule has 1 N–H and O–H groups in total. The Balaban J connectivity index is 1.54. The van der Waals surface area contributed by atoms with Gasteiger partial charge in [-0.25, -0.2) is 9.59 Å². The number of nitrogens with one attached hydrogen (secondary N) is 1. The summed E-state index contributed by atoms with van der Waals surface area (Å²) < 4.78 is 21.8. The first-order chi connectivity index (χ1) is 13.5. The maximum absolute atomic E-state index is 13.0. The molecule has 0 radical (unpaired) electrons. The lowest BCUT2D eigenvalue weighted by molar-refractivity contribution is 0.0377. The van der Waals surface area contributed by atoms with Crippen LogP contribution in [0.25, 0.3) is 0 Å². The van der Waals surface area contributed by atoms with Gasteiger partial charge < -0.3 is 24.3 Å². The predicted octanol–water partition coefficient (Wildman–Crippen LogP) is 2.97. The molecule has 2 bridgehead atoms. The molecule has 0 aromatic heterocycles. The van der Waals surface area contributed by atoms with Gasteiger partial charge in [-0.2, -0.15) is 0 Å². The van der Waals surface area contributed by atoms with Crippen molar-refractivity contribution in [2.75, 3.05) is 18.8 Å². The highest BCUT2D eigenvalue weighted by Crippen LogP contribution is 2.47. The van der Waals surface area contributed by atoms with Crippen LogP contribution < -0.4 is 24.4 Å². The molecule has 0 saturated carbocycles. The summed E-state index contributed by atoms with van der Waals surface area (Å²) >= 11 is 0. The Hall–Kier alpha value is -3.42. The molecule has 144 valence electrons. The summed E-state index contributed by atoms with van der Waals surface area (Å²) in [5.41, 5.74) is 0.942. The first-order valence-corrected chi connectivity index (χ1v) is 8.90. The zero-order chi connectivity index (χ0) is 19.5. The summed E-state index contributed by atoms with van der Waals surface area (Å²) in [5.74, 6) is 1.43. The molecule has 2 atom stereocenters. The molecule has 1 fully saturated rings. The number of methoxy groups -OCH3 is 1. The number of hydrogen-bond acceptors (Lipinski definition) is 6. The molecule has 3 aliphatic rings. The fourth-order valence-corrected chi connectivity index (χ4v) is 4.03. The molecule has 0 aliphatic carbocycles. The Bertz CT molecular complexity index is 1010. The number of carbonyl (C=O) groups is 2. The average Bonchev–Trinajstić information content (AvgIpc) is 3.14. The lowest BCUT2D eigenvalue weighted by atomic mass is 9.89. The van der Waals surface area contributed by atoms with E-state index in [2.05, 4.69) is 5.32 Å². The fourth-order valence-electron chi connectivity index (χ4n) is 4.03. The molecule has 8 heteroatoms. The average molecular weight is 382 g/mol. The summed E-state index contributed by atoms with van der Waals surface area (Å²) in [4.78, 5) is 26.4. The standard InChI is InChI=1S/C20H18N2O6/c1-20-9-14(13-7-11(18(23)25-2)3-5-15(13)28-20)21-19(24)22(20)12-4-6-16-17(8-12)27-10-26-16/h3-8,14H,9-10H2,1-2H3,(H,21,24). The third-order valence-electron chi connectivity index (χ3n) is 5.31. The molecule has 3 aliphatic heterocycles. The third-order valence-corrected chi connectivity index (χ3v) is 5.31. The van der Waals surface area contributed by atoms with Crippen LogP contribution in [-0.2, 0) is 4.74 Å². The van der Waals surface area contributed by atoms with Crippen LogP contribution in [0.2, 0.25) is 0 Å². The number of ether oxygens (including phenoxy) is 4. The van der Waals surface area contributed by atoms with Gasteiger partial charge in [0.15, 0.2) is 17.2 Å². The third kappa shape index (κ3) is 2.37. The molecule has 2 unspecified atom stereocenters. The number of benzene rings is 2. The van der Waals surface area contributed by atoms with Crippen LogP contribution in [-0.4, -0.2) is 31.6 Å². The van der Waals surface area contributed by atoms with E-state index in [0.717, 1.165) is 5.56 Å². The molecule has 8 nitrogen and oxygen atoms in total. The Morgan fingerprint density at radius 2 is 1.96 bits per heavy atom. The predicted molar refractivity (Wildman–Crippen MR) is 97.7 cm³/mol. The van der Waals surface area contributed by atoms with E-state index in [-0.39, 0.29) is 18.9 Å². The highest BCUT2D eigenvalue weighted by atomic mass is 16.7. The highest BCUT2D eigenvalue weighted by Gasteiger charge is 2.50. The summed E-state index contributed by atoms with van der Waals surface area (Å²) in [6, 6.07) is 9.90. The van der Waals surface area contributed by atoms with E-state index in [1.165, 1.54) is 7.11 Å². The second kappa shape index (κ2) is 5.79. The second-order valence-corrected chi connectivity index (χ2v) is 7.10. The van der Waals surface area contributed by atoms with Crippen molar-refractivity contribution in [2.24, 2.45) is 0 Å².